The Hall–Kier alpha value is -3.12. The summed E-state index contributed by atoms with van der Waals surface area (Å²) < 4.78 is 69.6. The third-order valence-corrected chi connectivity index (χ3v) is 10.9. The standard InChI is InChI=1S/C30H36FN3O5S2/c1-2-18-33(41(38,39)29-14-7-4-8-15-29)23-30(35)34(22-26-12-9-13-27(31)21-26)28-16-19-32(20-17-28)40(36,37)24-25-10-5-3-6-11-25/h3-15,21,28H,2,16-20,22-24H2,1H3. The topological polar surface area (TPSA) is 95.1 Å². The molecular formula is C30H36FN3O5S2. The second-order valence-corrected chi connectivity index (χ2v) is 14.1. The van der Waals surface area contributed by atoms with Crippen LogP contribution in [0.3, 0.4) is 0 Å². The van der Waals surface area contributed by atoms with Crippen molar-refractivity contribution < 1.29 is 26.0 Å². The molecule has 0 unspecified atom stereocenters. The van der Waals surface area contributed by atoms with Gasteiger partial charge in [0.2, 0.25) is 26.0 Å². The lowest BCUT2D eigenvalue weighted by Gasteiger charge is -2.39. The average molecular weight is 602 g/mol. The molecule has 0 radical (unpaired) electrons. The van der Waals surface area contributed by atoms with Crippen molar-refractivity contribution in [3.05, 3.63) is 102 Å². The van der Waals surface area contributed by atoms with E-state index in [9.17, 15) is 26.0 Å². The quantitative estimate of drug-likeness (QED) is 0.309. The van der Waals surface area contributed by atoms with Crippen molar-refractivity contribution >= 4 is 26.0 Å². The van der Waals surface area contributed by atoms with Crippen molar-refractivity contribution in [2.45, 2.75) is 49.4 Å². The lowest BCUT2D eigenvalue weighted by molar-refractivity contribution is -0.135. The molecule has 1 heterocycles. The van der Waals surface area contributed by atoms with E-state index in [0.29, 0.717) is 30.4 Å². The van der Waals surface area contributed by atoms with Crippen LogP contribution in [0.5, 0.6) is 0 Å². The summed E-state index contributed by atoms with van der Waals surface area (Å²) in [5, 5.41) is 0. The maximum absolute atomic E-state index is 14.0. The van der Waals surface area contributed by atoms with E-state index in [1.165, 1.54) is 32.9 Å². The van der Waals surface area contributed by atoms with E-state index in [2.05, 4.69) is 0 Å². The van der Waals surface area contributed by atoms with Crippen LogP contribution in [0.1, 0.15) is 37.3 Å². The summed E-state index contributed by atoms with van der Waals surface area (Å²) in [6.07, 6.45) is 1.28. The minimum Gasteiger partial charge on any atom is -0.334 e. The molecule has 1 aliphatic rings. The first kappa shape index (κ1) is 30.8. The highest BCUT2D eigenvalue weighted by Crippen LogP contribution is 2.24. The Morgan fingerprint density at radius 2 is 1.49 bits per heavy atom. The van der Waals surface area contributed by atoms with E-state index in [1.54, 1.807) is 59.5 Å². The zero-order valence-corrected chi connectivity index (χ0v) is 24.7. The van der Waals surface area contributed by atoms with Crippen LogP contribution < -0.4 is 0 Å². The van der Waals surface area contributed by atoms with E-state index in [0.717, 1.165) is 0 Å². The molecule has 1 amide bonds. The molecule has 0 atom stereocenters. The van der Waals surface area contributed by atoms with Gasteiger partial charge in [-0.05, 0) is 54.7 Å². The molecule has 1 aliphatic heterocycles. The summed E-state index contributed by atoms with van der Waals surface area (Å²) >= 11 is 0. The molecule has 4 rings (SSSR count). The molecule has 0 saturated carbocycles. The number of hydrogen-bond donors (Lipinski definition) is 0. The van der Waals surface area contributed by atoms with Gasteiger partial charge in [0.15, 0.2) is 0 Å². The molecule has 1 fully saturated rings. The number of piperidine rings is 1. The highest BCUT2D eigenvalue weighted by molar-refractivity contribution is 7.89. The lowest BCUT2D eigenvalue weighted by Crippen LogP contribution is -2.51. The predicted molar refractivity (Wildman–Crippen MR) is 156 cm³/mol. The molecule has 3 aromatic carbocycles. The normalized spacial score (nSPS) is 15.2. The third kappa shape index (κ3) is 8.00. The van der Waals surface area contributed by atoms with Gasteiger partial charge in [0.1, 0.15) is 5.82 Å². The zero-order chi connectivity index (χ0) is 29.5. The first-order valence-corrected chi connectivity index (χ1v) is 16.8. The van der Waals surface area contributed by atoms with Gasteiger partial charge in [-0.2, -0.15) is 4.31 Å². The van der Waals surface area contributed by atoms with E-state index in [-0.39, 0.29) is 49.4 Å². The average Bonchev–Trinajstić information content (AvgIpc) is 2.96. The molecule has 3 aromatic rings. The first-order chi connectivity index (χ1) is 19.6. The summed E-state index contributed by atoms with van der Waals surface area (Å²) in [6, 6.07) is 22.6. The molecule has 11 heteroatoms. The number of nitrogens with zero attached hydrogens (tertiary/aromatic N) is 3. The maximum Gasteiger partial charge on any atom is 0.243 e. The fourth-order valence-electron chi connectivity index (χ4n) is 5.08. The Bertz CT molecular complexity index is 1510. The van der Waals surface area contributed by atoms with Crippen LogP contribution in [0.25, 0.3) is 0 Å². The van der Waals surface area contributed by atoms with Crippen molar-refractivity contribution in [1.82, 2.24) is 13.5 Å². The van der Waals surface area contributed by atoms with E-state index >= 15 is 0 Å². The monoisotopic (exact) mass is 601 g/mol. The fourth-order valence-corrected chi connectivity index (χ4v) is 8.14. The Balaban J connectivity index is 1.53. The number of carbonyl (C=O) groups is 1. The second kappa shape index (κ2) is 13.7. The Morgan fingerprint density at radius 1 is 0.878 bits per heavy atom. The van der Waals surface area contributed by atoms with Gasteiger partial charge in [-0.1, -0.05) is 67.6 Å². The van der Waals surface area contributed by atoms with Crippen LogP contribution in [0.15, 0.2) is 89.8 Å². The summed E-state index contributed by atoms with van der Waals surface area (Å²) in [5.74, 6) is -0.947. The molecule has 0 spiro atoms. The second-order valence-electron chi connectivity index (χ2n) is 10.2. The van der Waals surface area contributed by atoms with Gasteiger partial charge in [-0.15, -0.1) is 0 Å². The molecule has 0 bridgehead atoms. The molecule has 8 nitrogen and oxygen atoms in total. The van der Waals surface area contributed by atoms with E-state index in [1.807, 2.05) is 13.0 Å². The van der Waals surface area contributed by atoms with Crippen molar-refractivity contribution in [2.75, 3.05) is 26.2 Å². The van der Waals surface area contributed by atoms with Gasteiger partial charge in [-0.3, -0.25) is 4.79 Å². The number of benzene rings is 3. The van der Waals surface area contributed by atoms with Crippen LogP contribution >= 0.6 is 0 Å². The van der Waals surface area contributed by atoms with Gasteiger partial charge < -0.3 is 4.90 Å². The Labute approximate surface area is 242 Å². The fraction of sp³-hybridized carbons (Fsp3) is 0.367. The van der Waals surface area contributed by atoms with Crippen molar-refractivity contribution in [2.24, 2.45) is 0 Å². The largest absolute Gasteiger partial charge is 0.334 e. The van der Waals surface area contributed by atoms with Crippen LogP contribution in [-0.4, -0.2) is 68.5 Å². The van der Waals surface area contributed by atoms with Crippen molar-refractivity contribution in [3.63, 3.8) is 0 Å². The zero-order valence-electron chi connectivity index (χ0n) is 23.1. The highest BCUT2D eigenvalue weighted by Gasteiger charge is 2.35. The van der Waals surface area contributed by atoms with E-state index in [4.69, 9.17) is 0 Å². The molecule has 220 valence electrons. The number of rotatable bonds is 12. The summed E-state index contributed by atoms with van der Waals surface area (Å²) in [5.41, 5.74) is 1.28. The number of halogens is 1. The number of amides is 1. The van der Waals surface area contributed by atoms with Crippen molar-refractivity contribution in [3.8, 4) is 0 Å². The number of sulfonamides is 2. The van der Waals surface area contributed by atoms with Gasteiger partial charge in [0, 0.05) is 32.2 Å². The molecule has 1 saturated heterocycles. The molecule has 41 heavy (non-hydrogen) atoms. The van der Waals surface area contributed by atoms with Gasteiger partial charge in [0.05, 0.1) is 17.2 Å². The van der Waals surface area contributed by atoms with E-state index < -0.39 is 31.8 Å². The highest BCUT2D eigenvalue weighted by atomic mass is 32.2. The summed E-state index contributed by atoms with van der Waals surface area (Å²) in [7, 11) is -7.48. The predicted octanol–water partition coefficient (Wildman–Crippen LogP) is 4.25. The maximum atomic E-state index is 14.0. The van der Waals surface area contributed by atoms with Crippen molar-refractivity contribution in [1.29, 1.82) is 0 Å². The third-order valence-electron chi connectivity index (χ3n) is 7.18. The first-order valence-electron chi connectivity index (χ1n) is 13.7. The number of hydrogen-bond acceptors (Lipinski definition) is 5. The minimum absolute atomic E-state index is 0.0867. The summed E-state index contributed by atoms with van der Waals surface area (Å²) in [4.78, 5) is 15.5. The van der Waals surface area contributed by atoms with Crippen LogP contribution in [0, 0.1) is 5.82 Å². The van der Waals surface area contributed by atoms with Crippen LogP contribution in [0.4, 0.5) is 4.39 Å². The lowest BCUT2D eigenvalue weighted by atomic mass is 10.0. The Kier molecular flexibility index (Phi) is 10.3. The Morgan fingerprint density at radius 3 is 2.10 bits per heavy atom. The molecule has 0 aromatic heterocycles. The molecular weight excluding hydrogens is 565 g/mol. The van der Waals surface area contributed by atoms with Crippen LogP contribution in [0.2, 0.25) is 0 Å². The number of carbonyl (C=O) groups excluding carboxylic acids is 1. The SMILES string of the molecule is CCCN(CC(=O)N(Cc1cccc(F)c1)C1CCN(S(=O)(=O)Cc2ccccc2)CC1)S(=O)(=O)c1ccccc1. The van der Waals surface area contributed by atoms with Gasteiger partial charge in [-0.25, -0.2) is 25.5 Å². The molecule has 0 aliphatic carbocycles. The smallest absolute Gasteiger partial charge is 0.243 e. The summed E-state index contributed by atoms with van der Waals surface area (Å²) in [6.45, 7) is 2.18. The molecule has 0 N–H and O–H groups in total. The minimum atomic E-state index is -3.92. The van der Waals surface area contributed by atoms with Gasteiger partial charge in [0.25, 0.3) is 0 Å². The van der Waals surface area contributed by atoms with Crippen LogP contribution in [-0.2, 0) is 37.1 Å². The van der Waals surface area contributed by atoms with Gasteiger partial charge >= 0.3 is 0 Å².